The smallest absolute Gasteiger partial charge is 0.412 e. The summed E-state index contributed by atoms with van der Waals surface area (Å²) in [6.45, 7) is 3.75. The maximum atomic E-state index is 13.6. The lowest BCUT2D eigenvalue weighted by atomic mass is 9.93. The maximum absolute atomic E-state index is 13.6. The van der Waals surface area contributed by atoms with E-state index < -0.39 is 29.2 Å². The average Bonchev–Trinajstić information content (AvgIpc) is 3.68. The van der Waals surface area contributed by atoms with E-state index in [-0.39, 0.29) is 5.97 Å². The number of amides is 1. The number of benzene rings is 3. The summed E-state index contributed by atoms with van der Waals surface area (Å²) < 4.78 is 37.9. The van der Waals surface area contributed by atoms with E-state index in [0.29, 0.717) is 22.2 Å². The summed E-state index contributed by atoms with van der Waals surface area (Å²) in [6, 6.07) is 20.8. The van der Waals surface area contributed by atoms with Crippen molar-refractivity contribution in [1.82, 2.24) is 0 Å². The number of hydrogen-bond donors (Lipinski definition) is 1. The Labute approximate surface area is 239 Å². The molecule has 9 heteroatoms. The lowest BCUT2D eigenvalue weighted by molar-refractivity contribution is -0.146. The van der Waals surface area contributed by atoms with Gasteiger partial charge in [-0.1, -0.05) is 66.2 Å². The highest BCUT2D eigenvalue weighted by atomic mass is 35.5. The third kappa shape index (κ3) is 5.74. The highest BCUT2D eigenvalue weighted by Gasteiger charge is 2.52. The fourth-order valence-electron chi connectivity index (χ4n) is 4.60. The second-order valence-electron chi connectivity index (χ2n) is 9.60. The molecule has 1 N–H and O–H groups in total. The molecule has 1 amide bonds. The highest BCUT2D eigenvalue weighted by Crippen LogP contribution is 2.49. The zero-order valence-electron chi connectivity index (χ0n) is 21.8. The third-order valence-electron chi connectivity index (χ3n) is 6.97. The van der Waals surface area contributed by atoms with Crippen molar-refractivity contribution in [2.24, 2.45) is 0 Å². The lowest BCUT2D eigenvalue weighted by Crippen LogP contribution is -2.23. The van der Waals surface area contributed by atoms with Crippen LogP contribution in [0.3, 0.4) is 0 Å². The van der Waals surface area contributed by atoms with Gasteiger partial charge in [0.05, 0.1) is 26.9 Å². The van der Waals surface area contributed by atoms with Crippen LogP contribution >= 0.6 is 22.9 Å². The van der Waals surface area contributed by atoms with E-state index in [2.05, 4.69) is 5.32 Å². The zero-order chi connectivity index (χ0) is 28.4. The molecule has 0 saturated heterocycles. The molecular formula is C31H26ClF2NO4S. The van der Waals surface area contributed by atoms with Gasteiger partial charge < -0.3 is 9.47 Å². The van der Waals surface area contributed by atoms with Crippen molar-refractivity contribution in [3.05, 3.63) is 99.9 Å². The molecule has 0 bridgehead atoms. The quantitative estimate of drug-likeness (QED) is 0.211. The normalized spacial score (nSPS) is 14.3. The summed E-state index contributed by atoms with van der Waals surface area (Å²) in [5.41, 5.74) is 4.12. The van der Waals surface area contributed by atoms with Gasteiger partial charge in [-0.3, -0.25) is 10.1 Å². The number of thiophene rings is 1. The van der Waals surface area contributed by atoms with E-state index in [1.807, 2.05) is 55.5 Å². The summed E-state index contributed by atoms with van der Waals surface area (Å²) in [4.78, 5) is 25.7. The molecule has 5 rings (SSSR count). The molecule has 0 unspecified atom stereocenters. The Kier molecular flexibility index (Phi) is 7.92. The van der Waals surface area contributed by atoms with Crippen LogP contribution in [0.5, 0.6) is 0 Å². The van der Waals surface area contributed by atoms with Gasteiger partial charge in [-0.05, 0) is 72.7 Å². The summed E-state index contributed by atoms with van der Waals surface area (Å²) in [7, 11) is 0. The first-order valence-electron chi connectivity index (χ1n) is 12.8. The van der Waals surface area contributed by atoms with Gasteiger partial charge in [0, 0.05) is 0 Å². The number of rotatable bonds is 8. The van der Waals surface area contributed by atoms with Crippen molar-refractivity contribution >= 4 is 40.7 Å². The molecule has 206 valence electrons. The molecule has 0 radical (unpaired) electrons. The van der Waals surface area contributed by atoms with Gasteiger partial charge in [-0.25, -0.2) is 13.6 Å². The SMILES string of the molecule is CCOC(=O)C1(c2ccc(-c3ccc(-c4sc(Cl)cc4NC(=O)O[C@H](C)c4ccc(F)c(F)c4)cc3)cc2)CC1. The fourth-order valence-corrected chi connectivity index (χ4v) is 5.79. The number of ether oxygens (including phenoxy) is 2. The number of nitrogens with one attached hydrogen (secondary N) is 1. The Hall–Kier alpha value is -3.75. The van der Waals surface area contributed by atoms with Gasteiger partial charge in [0.15, 0.2) is 11.6 Å². The summed E-state index contributed by atoms with van der Waals surface area (Å²) in [5, 5.41) is 2.71. The van der Waals surface area contributed by atoms with Crippen LogP contribution in [0.2, 0.25) is 4.34 Å². The van der Waals surface area contributed by atoms with E-state index in [1.54, 1.807) is 13.0 Å². The fraction of sp³-hybridized carbons (Fsp3) is 0.226. The van der Waals surface area contributed by atoms with Gasteiger partial charge in [0.2, 0.25) is 0 Å². The molecule has 0 spiro atoms. The first-order valence-corrected chi connectivity index (χ1v) is 14.0. The van der Waals surface area contributed by atoms with E-state index >= 15 is 0 Å². The molecule has 1 atom stereocenters. The Balaban J connectivity index is 1.28. The Bertz CT molecular complexity index is 1550. The first kappa shape index (κ1) is 27.8. The van der Waals surface area contributed by atoms with Crippen LogP contribution in [0, 0.1) is 11.6 Å². The molecule has 1 fully saturated rings. The standard InChI is InChI=1S/C31H26ClF2NO4S/c1-3-38-29(36)31(14-15-31)23-11-8-20(9-12-23)19-4-6-21(7-5-19)28-26(17-27(32)40-28)35-30(37)39-18(2)22-10-13-24(33)25(34)16-22/h4-13,16-18H,3,14-15H2,1-2H3,(H,35,37)/t18-/m1/s1. The van der Waals surface area contributed by atoms with Gasteiger partial charge in [0.1, 0.15) is 6.10 Å². The zero-order valence-corrected chi connectivity index (χ0v) is 23.4. The minimum Gasteiger partial charge on any atom is -0.465 e. The van der Waals surface area contributed by atoms with Crippen LogP contribution in [-0.2, 0) is 19.7 Å². The number of anilines is 1. The monoisotopic (exact) mass is 581 g/mol. The number of esters is 1. The second-order valence-corrected chi connectivity index (χ2v) is 11.3. The summed E-state index contributed by atoms with van der Waals surface area (Å²) in [6.07, 6.45) is 0.0552. The van der Waals surface area contributed by atoms with Crippen LogP contribution < -0.4 is 5.32 Å². The topological polar surface area (TPSA) is 64.6 Å². The summed E-state index contributed by atoms with van der Waals surface area (Å²) in [5.74, 6) is -2.14. The molecule has 1 aromatic heterocycles. The van der Waals surface area contributed by atoms with Crippen LogP contribution in [0.1, 0.15) is 43.9 Å². The van der Waals surface area contributed by atoms with Crippen LogP contribution in [0.25, 0.3) is 21.6 Å². The van der Waals surface area contributed by atoms with Gasteiger partial charge in [0.25, 0.3) is 0 Å². The number of halogens is 3. The van der Waals surface area contributed by atoms with Gasteiger partial charge in [-0.15, -0.1) is 11.3 Å². The molecule has 1 heterocycles. The van der Waals surface area contributed by atoms with Crippen molar-refractivity contribution in [3.8, 4) is 21.6 Å². The number of hydrogen-bond acceptors (Lipinski definition) is 5. The average molecular weight is 582 g/mol. The molecule has 1 aliphatic carbocycles. The lowest BCUT2D eigenvalue weighted by Gasteiger charge is -2.15. The molecule has 3 aromatic carbocycles. The minimum absolute atomic E-state index is 0.159. The Morgan fingerprint density at radius 2 is 1.57 bits per heavy atom. The van der Waals surface area contributed by atoms with E-state index in [1.165, 1.54) is 17.4 Å². The van der Waals surface area contributed by atoms with Crippen LogP contribution in [-0.4, -0.2) is 18.7 Å². The van der Waals surface area contributed by atoms with E-state index in [4.69, 9.17) is 21.1 Å². The third-order valence-corrected chi connectivity index (χ3v) is 8.28. The van der Waals surface area contributed by atoms with Crippen molar-refractivity contribution in [3.63, 3.8) is 0 Å². The van der Waals surface area contributed by atoms with Crippen molar-refractivity contribution < 1.29 is 27.8 Å². The second kappa shape index (κ2) is 11.4. The number of carbonyl (C=O) groups is 2. The molecule has 40 heavy (non-hydrogen) atoms. The van der Waals surface area contributed by atoms with E-state index in [9.17, 15) is 18.4 Å². The minimum atomic E-state index is -1.01. The number of carbonyl (C=O) groups excluding carboxylic acids is 2. The predicted molar refractivity (Wildman–Crippen MR) is 153 cm³/mol. The first-order chi connectivity index (χ1) is 19.2. The molecular weight excluding hydrogens is 556 g/mol. The van der Waals surface area contributed by atoms with Gasteiger partial charge in [-0.2, -0.15) is 0 Å². The van der Waals surface area contributed by atoms with Crippen molar-refractivity contribution in [2.75, 3.05) is 11.9 Å². The molecule has 5 nitrogen and oxygen atoms in total. The van der Waals surface area contributed by atoms with Crippen LogP contribution in [0.15, 0.2) is 72.8 Å². The molecule has 0 aliphatic heterocycles. The maximum Gasteiger partial charge on any atom is 0.412 e. The Morgan fingerprint density at radius 1 is 0.950 bits per heavy atom. The predicted octanol–water partition coefficient (Wildman–Crippen LogP) is 8.92. The largest absolute Gasteiger partial charge is 0.465 e. The van der Waals surface area contributed by atoms with Crippen LogP contribution in [0.4, 0.5) is 19.3 Å². The Morgan fingerprint density at radius 3 is 2.17 bits per heavy atom. The highest BCUT2D eigenvalue weighted by molar-refractivity contribution is 7.20. The van der Waals surface area contributed by atoms with Crippen molar-refractivity contribution in [2.45, 2.75) is 38.2 Å². The molecule has 4 aromatic rings. The van der Waals surface area contributed by atoms with Crippen molar-refractivity contribution in [1.29, 1.82) is 0 Å². The summed E-state index contributed by atoms with van der Waals surface area (Å²) >= 11 is 7.58. The molecule has 1 saturated carbocycles. The van der Waals surface area contributed by atoms with E-state index in [0.717, 1.165) is 52.1 Å². The molecule has 1 aliphatic rings. The van der Waals surface area contributed by atoms with Gasteiger partial charge >= 0.3 is 12.1 Å².